The molecule has 0 N–H and O–H groups in total. The Morgan fingerprint density at radius 2 is 1.79 bits per heavy atom. The van der Waals surface area contributed by atoms with Crippen LogP contribution in [0.1, 0.15) is 49.0 Å². The quantitative estimate of drug-likeness (QED) is 0.472. The van der Waals surface area contributed by atoms with Crippen molar-refractivity contribution in [3.63, 3.8) is 0 Å². The number of hydrogen-bond acceptors (Lipinski definition) is 3. The molecule has 2 rings (SSSR count). The highest BCUT2D eigenvalue weighted by molar-refractivity contribution is 5.89. The molecule has 0 aliphatic rings. The highest BCUT2D eigenvalue weighted by atomic mass is 19.1. The van der Waals surface area contributed by atoms with Gasteiger partial charge in [-0.3, -0.25) is 0 Å². The number of carbonyl (C=O) groups is 1. The van der Waals surface area contributed by atoms with E-state index in [2.05, 4.69) is 6.92 Å². The summed E-state index contributed by atoms with van der Waals surface area (Å²) < 4.78 is 24.5. The van der Waals surface area contributed by atoms with E-state index < -0.39 is 11.8 Å². The van der Waals surface area contributed by atoms with Crippen LogP contribution in [-0.4, -0.2) is 12.6 Å². The van der Waals surface area contributed by atoms with Crippen molar-refractivity contribution in [2.24, 2.45) is 0 Å². The third-order valence-electron chi connectivity index (χ3n) is 3.66. The van der Waals surface area contributed by atoms with E-state index >= 15 is 0 Å². The fraction of sp³-hybridized carbons (Fsp3) is 0.350. The lowest BCUT2D eigenvalue weighted by molar-refractivity contribution is 0.0525. The molecule has 128 valence electrons. The first-order chi connectivity index (χ1) is 11.6. The van der Waals surface area contributed by atoms with Crippen molar-refractivity contribution < 1.29 is 18.7 Å². The molecule has 0 unspecified atom stereocenters. The van der Waals surface area contributed by atoms with Gasteiger partial charge in [0.25, 0.3) is 0 Å². The van der Waals surface area contributed by atoms with Gasteiger partial charge in [0.15, 0.2) is 11.6 Å². The summed E-state index contributed by atoms with van der Waals surface area (Å²) in [5.74, 6) is -0.481. The van der Waals surface area contributed by atoms with E-state index in [1.54, 1.807) is 6.92 Å². The van der Waals surface area contributed by atoms with Crippen molar-refractivity contribution >= 4 is 5.97 Å². The Bertz CT molecular complexity index is 665. The zero-order valence-electron chi connectivity index (χ0n) is 14.2. The van der Waals surface area contributed by atoms with Gasteiger partial charge in [0.2, 0.25) is 0 Å². The molecular formula is C20H23FO3. The molecule has 0 amide bonds. The van der Waals surface area contributed by atoms with Crippen LogP contribution in [0, 0.1) is 5.82 Å². The van der Waals surface area contributed by atoms with Crippen LogP contribution in [0.4, 0.5) is 4.39 Å². The molecule has 2 aromatic carbocycles. The van der Waals surface area contributed by atoms with E-state index in [9.17, 15) is 9.18 Å². The maximum absolute atomic E-state index is 14.1. The number of carbonyl (C=O) groups excluding carboxylic acids is 1. The molecule has 0 atom stereocenters. The Kier molecular flexibility index (Phi) is 6.79. The Morgan fingerprint density at radius 1 is 1.04 bits per heavy atom. The average molecular weight is 330 g/mol. The SMILES string of the molecule is CCCCCc1ccc(Oc2ccc(C(=O)OCC)cc2F)cc1. The molecule has 0 aliphatic heterocycles. The maximum atomic E-state index is 14.1. The Hall–Kier alpha value is -2.36. The Balaban J connectivity index is 2.01. The van der Waals surface area contributed by atoms with E-state index in [4.69, 9.17) is 9.47 Å². The number of aryl methyl sites for hydroxylation is 1. The van der Waals surface area contributed by atoms with Gasteiger partial charge in [0.1, 0.15) is 5.75 Å². The van der Waals surface area contributed by atoms with Crippen LogP contribution in [0.3, 0.4) is 0 Å². The fourth-order valence-corrected chi connectivity index (χ4v) is 2.36. The zero-order valence-corrected chi connectivity index (χ0v) is 14.2. The Morgan fingerprint density at radius 3 is 2.42 bits per heavy atom. The molecule has 0 saturated heterocycles. The molecule has 24 heavy (non-hydrogen) atoms. The van der Waals surface area contributed by atoms with Gasteiger partial charge in [-0.05, 0) is 55.7 Å². The lowest BCUT2D eigenvalue weighted by atomic mass is 10.1. The van der Waals surface area contributed by atoms with Gasteiger partial charge in [0.05, 0.1) is 12.2 Å². The topological polar surface area (TPSA) is 35.5 Å². The molecule has 0 aromatic heterocycles. The number of ether oxygens (including phenoxy) is 2. The van der Waals surface area contributed by atoms with Gasteiger partial charge in [0, 0.05) is 0 Å². The molecule has 3 nitrogen and oxygen atoms in total. The Labute approximate surface area is 142 Å². The highest BCUT2D eigenvalue weighted by Gasteiger charge is 2.12. The molecule has 0 aliphatic carbocycles. The zero-order chi connectivity index (χ0) is 17.4. The third-order valence-corrected chi connectivity index (χ3v) is 3.66. The van der Waals surface area contributed by atoms with Crippen LogP contribution in [0.2, 0.25) is 0 Å². The molecule has 2 aromatic rings. The van der Waals surface area contributed by atoms with Crippen LogP contribution < -0.4 is 4.74 Å². The minimum Gasteiger partial charge on any atom is -0.462 e. The molecule has 0 radical (unpaired) electrons. The largest absolute Gasteiger partial charge is 0.462 e. The van der Waals surface area contributed by atoms with Crippen LogP contribution >= 0.6 is 0 Å². The standard InChI is InChI=1S/C20H23FO3/c1-3-5-6-7-15-8-11-17(12-9-15)24-19-13-10-16(14-18(19)21)20(22)23-4-2/h8-14H,3-7H2,1-2H3. The third kappa shape index (κ3) is 5.08. The van der Waals surface area contributed by atoms with Crippen molar-refractivity contribution in [2.45, 2.75) is 39.5 Å². The first-order valence-corrected chi connectivity index (χ1v) is 8.37. The first kappa shape index (κ1) is 18.0. The average Bonchev–Trinajstić information content (AvgIpc) is 2.58. The number of halogens is 1. The molecule has 4 heteroatoms. The second-order valence-corrected chi connectivity index (χ2v) is 5.57. The van der Waals surface area contributed by atoms with Gasteiger partial charge in [-0.1, -0.05) is 31.9 Å². The van der Waals surface area contributed by atoms with Crippen LogP contribution in [0.25, 0.3) is 0 Å². The van der Waals surface area contributed by atoms with Crippen molar-refractivity contribution in [3.8, 4) is 11.5 Å². The monoisotopic (exact) mass is 330 g/mol. The van der Waals surface area contributed by atoms with Gasteiger partial charge < -0.3 is 9.47 Å². The van der Waals surface area contributed by atoms with E-state index in [0.29, 0.717) is 5.75 Å². The summed E-state index contributed by atoms with van der Waals surface area (Å²) in [6.45, 7) is 4.14. The minimum atomic E-state index is -0.590. The molecule has 0 heterocycles. The van der Waals surface area contributed by atoms with Gasteiger partial charge >= 0.3 is 5.97 Å². The van der Waals surface area contributed by atoms with Crippen molar-refractivity contribution in [1.82, 2.24) is 0 Å². The number of benzene rings is 2. The summed E-state index contributed by atoms with van der Waals surface area (Å²) in [4.78, 5) is 11.6. The van der Waals surface area contributed by atoms with Crippen molar-refractivity contribution in [1.29, 1.82) is 0 Å². The van der Waals surface area contributed by atoms with Gasteiger partial charge in [-0.2, -0.15) is 0 Å². The van der Waals surface area contributed by atoms with Crippen LogP contribution in [0.5, 0.6) is 11.5 Å². The molecule has 0 bridgehead atoms. The maximum Gasteiger partial charge on any atom is 0.338 e. The van der Waals surface area contributed by atoms with Gasteiger partial charge in [-0.15, -0.1) is 0 Å². The van der Waals surface area contributed by atoms with Crippen molar-refractivity contribution in [3.05, 3.63) is 59.4 Å². The number of rotatable bonds is 8. The number of esters is 1. The molecular weight excluding hydrogens is 307 g/mol. The lowest BCUT2D eigenvalue weighted by Crippen LogP contribution is -2.05. The smallest absolute Gasteiger partial charge is 0.338 e. The summed E-state index contributed by atoms with van der Waals surface area (Å²) >= 11 is 0. The predicted molar refractivity (Wildman–Crippen MR) is 92.1 cm³/mol. The molecule has 0 fully saturated rings. The summed E-state index contributed by atoms with van der Waals surface area (Å²) in [6, 6.07) is 11.7. The highest BCUT2D eigenvalue weighted by Crippen LogP contribution is 2.26. The normalized spacial score (nSPS) is 10.5. The molecule has 0 saturated carbocycles. The minimum absolute atomic E-state index is 0.0850. The second kappa shape index (κ2) is 9.06. The van der Waals surface area contributed by atoms with E-state index in [-0.39, 0.29) is 17.9 Å². The van der Waals surface area contributed by atoms with Crippen molar-refractivity contribution in [2.75, 3.05) is 6.61 Å². The van der Waals surface area contributed by atoms with E-state index in [0.717, 1.165) is 12.5 Å². The summed E-state index contributed by atoms with van der Waals surface area (Å²) in [5, 5.41) is 0. The lowest BCUT2D eigenvalue weighted by Gasteiger charge is -2.09. The fourth-order valence-electron chi connectivity index (χ4n) is 2.36. The predicted octanol–water partition coefficient (Wildman–Crippen LogP) is 5.53. The van der Waals surface area contributed by atoms with Crippen LogP contribution in [0.15, 0.2) is 42.5 Å². The number of unbranched alkanes of at least 4 members (excludes halogenated alkanes) is 2. The summed E-state index contributed by atoms with van der Waals surface area (Å²) in [7, 11) is 0. The molecule has 0 spiro atoms. The van der Waals surface area contributed by atoms with E-state index in [1.165, 1.54) is 37.0 Å². The van der Waals surface area contributed by atoms with E-state index in [1.807, 2.05) is 24.3 Å². The summed E-state index contributed by atoms with van der Waals surface area (Å²) in [5.41, 5.74) is 1.42. The first-order valence-electron chi connectivity index (χ1n) is 8.37. The number of hydrogen-bond donors (Lipinski definition) is 0. The summed E-state index contributed by atoms with van der Waals surface area (Å²) in [6.07, 6.45) is 4.62. The van der Waals surface area contributed by atoms with Crippen LogP contribution in [-0.2, 0) is 11.2 Å². The second-order valence-electron chi connectivity index (χ2n) is 5.57. The van der Waals surface area contributed by atoms with Gasteiger partial charge in [-0.25, -0.2) is 9.18 Å².